The average molecular weight is 1100 g/mol. The van der Waals surface area contributed by atoms with Crippen LogP contribution in [0.5, 0.6) is 11.5 Å². The topological polar surface area (TPSA) is 284 Å². The molecule has 2 aromatic carbocycles. The molecule has 0 radical (unpaired) electrons. The molecule has 0 aliphatic heterocycles. The number of nitrogens with one attached hydrogen (secondary N) is 1. The van der Waals surface area contributed by atoms with Gasteiger partial charge >= 0.3 is 0 Å². The molecular formula is C58H81N13O9. The number of nitrogens with two attached hydrogens (primary N) is 2. The summed E-state index contributed by atoms with van der Waals surface area (Å²) in [7, 11) is 3.13. The number of amides is 6. The third-order valence-electron chi connectivity index (χ3n) is 12.2. The van der Waals surface area contributed by atoms with E-state index in [2.05, 4.69) is 29.2 Å². The molecule has 0 aliphatic carbocycles. The summed E-state index contributed by atoms with van der Waals surface area (Å²) in [5.74, 6) is -1.79. The highest BCUT2D eigenvalue weighted by Gasteiger charge is 2.26. The molecule has 0 aliphatic rings. The fourth-order valence-electron chi connectivity index (χ4n) is 8.56. The summed E-state index contributed by atoms with van der Waals surface area (Å²) in [6, 6.07) is 8.20. The van der Waals surface area contributed by atoms with E-state index in [1.165, 1.54) is 30.6 Å². The molecule has 0 bridgehead atoms. The molecule has 0 fully saturated rings. The Labute approximate surface area is 468 Å². The Morgan fingerprint density at radius 3 is 2.04 bits per heavy atom. The number of allylic oxidation sites excluding steroid dienone is 2. The second kappa shape index (κ2) is 30.1. The highest BCUT2D eigenvalue weighted by Crippen LogP contribution is 2.37. The number of oxazole rings is 1. The molecule has 5 N–H and O–H groups in total. The number of imide groups is 1. The Morgan fingerprint density at radius 2 is 1.44 bits per heavy atom. The molecule has 0 unspecified atom stereocenters. The molecule has 80 heavy (non-hydrogen) atoms. The smallest absolute Gasteiger partial charge is 0.295 e. The number of fused-ring (bicyclic) bond motifs is 4. The molecule has 22 heteroatoms. The number of hydrogen-bond donors (Lipinski definition) is 3. The van der Waals surface area contributed by atoms with Gasteiger partial charge in [-0.25, -0.2) is 19.9 Å². The van der Waals surface area contributed by atoms with Gasteiger partial charge in [0, 0.05) is 93.6 Å². The number of ether oxygens (including phenoxy) is 2. The average Bonchev–Trinajstić information content (AvgIpc) is 4.23. The zero-order chi connectivity index (χ0) is 59.5. The number of rotatable bonds is 22. The van der Waals surface area contributed by atoms with Crippen LogP contribution in [0.25, 0.3) is 44.5 Å². The number of imidazole rings is 1. The van der Waals surface area contributed by atoms with Crippen LogP contribution in [-0.4, -0.2) is 118 Å². The third kappa shape index (κ3) is 15.0. The van der Waals surface area contributed by atoms with E-state index in [-0.39, 0.29) is 97.5 Å². The van der Waals surface area contributed by atoms with Crippen molar-refractivity contribution >= 4 is 74.4 Å². The van der Waals surface area contributed by atoms with Gasteiger partial charge in [0.2, 0.25) is 41.2 Å². The first-order chi connectivity index (χ1) is 38.3. The molecule has 7 rings (SSSR count). The normalized spacial score (nSPS) is 10.9. The minimum absolute atomic E-state index is 0.0246. The number of methoxy groups -OCH3 is 1. The number of aromatic nitrogens is 8. The molecule has 6 amide bonds. The fraction of sp³-hybridized carbons (Fsp3) is 0.466. The number of nitrogens with zero attached hydrogens (tertiary/aromatic N) is 10. The van der Waals surface area contributed by atoms with E-state index in [4.69, 9.17) is 40.3 Å². The van der Waals surface area contributed by atoms with Crippen molar-refractivity contribution in [1.82, 2.24) is 48.7 Å². The lowest BCUT2D eigenvalue weighted by Gasteiger charge is -2.24. The minimum atomic E-state index is -0.737. The maximum Gasteiger partial charge on any atom is 0.295 e. The third-order valence-corrected chi connectivity index (χ3v) is 12.2. The van der Waals surface area contributed by atoms with Gasteiger partial charge in [-0.3, -0.25) is 43.7 Å². The van der Waals surface area contributed by atoms with Crippen molar-refractivity contribution in [3.05, 3.63) is 82.8 Å². The number of carbonyl (C=O) groups excluding carboxylic acids is 6. The monoisotopic (exact) mass is 1100 g/mol. The molecule has 0 atom stereocenters. The van der Waals surface area contributed by atoms with Crippen LogP contribution in [0.4, 0.5) is 5.95 Å². The van der Waals surface area contributed by atoms with Crippen LogP contribution in [0.3, 0.4) is 0 Å². The summed E-state index contributed by atoms with van der Waals surface area (Å²) < 4.78 is 23.4. The Kier molecular flexibility index (Phi) is 24.1. The number of carbonyl (C=O) groups is 6. The molecule has 5 aromatic heterocycles. The standard InChI is InChI=1S/C51H61N13O9.C3H8.2C2H6/c1-10-35-44(73-30(7)55-35)49(69)58-51-56-36-24-32(46(53)68)26-39(72-21-15-17-60(8)41(66)16-20-61(40(65)11-2)50(70)28(4)5)43(36)63(51)19-14-13-18-62-42-33(23-31(45(52)67)25-38(42)71-9)34-27-54-47(57-48(34)62)37-22-29(6)59-64(37)12-3;1-3-2;2*1-2/h13-14,22-28H,10-12,15-21H2,1-9H3,(H2,52,67)(H2,53,68)(H,56,58,69);3H2,1-2H3;2*1-2H3/b14-13+;;;. The molecular weight excluding hydrogens is 1020 g/mol. The van der Waals surface area contributed by atoms with Gasteiger partial charge in [0.25, 0.3) is 5.91 Å². The number of primary amides is 2. The zero-order valence-corrected chi connectivity index (χ0v) is 49.3. The van der Waals surface area contributed by atoms with E-state index in [1.807, 2.05) is 75.9 Å². The van der Waals surface area contributed by atoms with Crippen LogP contribution < -0.4 is 26.3 Å². The van der Waals surface area contributed by atoms with E-state index in [0.717, 1.165) is 16.3 Å². The Hall–Kier alpha value is -8.43. The van der Waals surface area contributed by atoms with Gasteiger partial charge < -0.3 is 39.4 Å². The van der Waals surface area contributed by atoms with Crippen LogP contribution in [0.1, 0.15) is 150 Å². The van der Waals surface area contributed by atoms with Gasteiger partial charge in [0.1, 0.15) is 28.4 Å². The Bertz CT molecular complexity index is 3330. The lowest BCUT2D eigenvalue weighted by atomic mass is 10.1. The molecule has 22 nitrogen and oxygen atoms in total. The predicted octanol–water partition coefficient (Wildman–Crippen LogP) is 9.21. The van der Waals surface area contributed by atoms with Crippen LogP contribution in [0, 0.1) is 19.8 Å². The molecule has 5 heterocycles. The summed E-state index contributed by atoms with van der Waals surface area (Å²) in [6.45, 7) is 26.0. The summed E-state index contributed by atoms with van der Waals surface area (Å²) in [4.78, 5) is 99.0. The van der Waals surface area contributed by atoms with E-state index in [9.17, 15) is 28.8 Å². The van der Waals surface area contributed by atoms with Crippen molar-refractivity contribution in [3.63, 3.8) is 0 Å². The number of anilines is 1. The van der Waals surface area contributed by atoms with Crippen molar-refractivity contribution in [3.8, 4) is 23.0 Å². The molecule has 7 aromatic rings. The molecule has 0 spiro atoms. The fourth-order valence-corrected chi connectivity index (χ4v) is 8.56. The number of benzene rings is 2. The van der Waals surface area contributed by atoms with Gasteiger partial charge in [-0.1, -0.05) is 87.8 Å². The predicted molar refractivity (Wildman–Crippen MR) is 311 cm³/mol. The first-order valence-corrected chi connectivity index (χ1v) is 27.5. The van der Waals surface area contributed by atoms with Crippen molar-refractivity contribution in [1.29, 1.82) is 0 Å². The first-order valence-electron chi connectivity index (χ1n) is 27.5. The van der Waals surface area contributed by atoms with E-state index in [0.29, 0.717) is 70.0 Å². The van der Waals surface area contributed by atoms with Crippen molar-refractivity contribution in [2.24, 2.45) is 17.4 Å². The van der Waals surface area contributed by atoms with Crippen LogP contribution in [0.2, 0.25) is 0 Å². The lowest BCUT2D eigenvalue weighted by Crippen LogP contribution is -2.41. The second-order valence-corrected chi connectivity index (χ2v) is 18.4. The maximum absolute atomic E-state index is 13.9. The highest BCUT2D eigenvalue weighted by molar-refractivity contribution is 6.12. The maximum atomic E-state index is 13.9. The number of hydrogen-bond acceptors (Lipinski definition) is 14. The minimum Gasteiger partial charge on any atom is -0.495 e. The van der Waals surface area contributed by atoms with Gasteiger partial charge in [0.05, 0.1) is 36.1 Å². The summed E-state index contributed by atoms with van der Waals surface area (Å²) >= 11 is 0. The van der Waals surface area contributed by atoms with E-state index < -0.39 is 23.6 Å². The quantitative estimate of drug-likeness (QED) is 0.0421. The zero-order valence-electron chi connectivity index (χ0n) is 49.3. The first kappa shape index (κ1) is 64.1. The molecule has 0 saturated carbocycles. The molecule has 432 valence electrons. The largest absolute Gasteiger partial charge is 0.495 e. The van der Waals surface area contributed by atoms with Gasteiger partial charge in [-0.15, -0.1) is 0 Å². The van der Waals surface area contributed by atoms with Crippen LogP contribution >= 0.6 is 0 Å². The highest BCUT2D eigenvalue weighted by atomic mass is 16.5. The SMILES string of the molecule is CC.CC.CCC.CCC(=O)N(CCC(=O)N(C)CCCOc1cc(C(N)=O)cc2nc(NC(=O)c3oc(C)nc3CC)n(C/C=C/Cn3c4nc(-c5cc(C)nn5CC)ncc4c4cc(C(N)=O)cc(OC)c43)c12)C(=O)C(C)C. The summed E-state index contributed by atoms with van der Waals surface area (Å²) in [6.07, 6.45) is 7.60. The second-order valence-electron chi connectivity index (χ2n) is 18.4. The van der Waals surface area contributed by atoms with Crippen molar-refractivity contribution in [2.45, 2.75) is 142 Å². The van der Waals surface area contributed by atoms with Crippen LogP contribution in [0.15, 0.2) is 53.1 Å². The molecule has 0 saturated heterocycles. The lowest BCUT2D eigenvalue weighted by molar-refractivity contribution is -0.147. The van der Waals surface area contributed by atoms with Crippen molar-refractivity contribution in [2.75, 3.05) is 39.2 Å². The van der Waals surface area contributed by atoms with Gasteiger partial charge in [0.15, 0.2) is 11.7 Å². The Balaban J connectivity index is 0.00000188. The van der Waals surface area contributed by atoms with Crippen molar-refractivity contribution < 1.29 is 42.7 Å². The Morgan fingerprint density at radius 1 is 0.800 bits per heavy atom. The summed E-state index contributed by atoms with van der Waals surface area (Å²) in [5, 5.41) is 8.78. The van der Waals surface area contributed by atoms with E-state index in [1.54, 1.807) is 57.6 Å². The summed E-state index contributed by atoms with van der Waals surface area (Å²) in [5.41, 5.74) is 15.8. The number of aryl methyl sites for hydroxylation is 4. The van der Waals surface area contributed by atoms with Gasteiger partial charge in [-0.05, 0) is 57.0 Å². The van der Waals surface area contributed by atoms with Crippen LogP contribution in [-0.2, 0) is 40.4 Å². The van der Waals surface area contributed by atoms with Gasteiger partial charge in [-0.2, -0.15) is 5.10 Å². The van der Waals surface area contributed by atoms with E-state index >= 15 is 0 Å².